The van der Waals surface area contributed by atoms with Crippen molar-refractivity contribution < 1.29 is 23.8 Å². The first kappa shape index (κ1) is 23.6. The maximum Gasteiger partial charge on any atom is 0.415 e. The standard InChI is InChI=1S/C27H28N4O5/c1-2-34-21-8-4-7-20(14-21)19-6-3-5-18(13-19)15-28-12-11-22-16-31(27(33)36-22)24-10-9-23-26(29-24)30-25(32)17-35-23/h3-10,13-14,22,28H,2,11-12,15-17H2,1H3,(H,29,30,32). The highest BCUT2D eigenvalue weighted by Gasteiger charge is 2.33. The van der Waals surface area contributed by atoms with Gasteiger partial charge in [0.2, 0.25) is 0 Å². The van der Waals surface area contributed by atoms with Crippen LogP contribution in [0, 0.1) is 0 Å². The molecule has 2 amide bonds. The number of pyridine rings is 1. The number of nitrogens with zero attached hydrogens (tertiary/aromatic N) is 2. The van der Waals surface area contributed by atoms with Crippen LogP contribution in [0.2, 0.25) is 0 Å². The first-order chi connectivity index (χ1) is 17.6. The predicted octanol–water partition coefficient (Wildman–Crippen LogP) is 3.98. The average molecular weight is 489 g/mol. The second-order valence-corrected chi connectivity index (χ2v) is 8.60. The summed E-state index contributed by atoms with van der Waals surface area (Å²) >= 11 is 0. The molecule has 2 aliphatic rings. The van der Waals surface area contributed by atoms with Crippen molar-refractivity contribution in [2.45, 2.75) is 26.0 Å². The molecule has 186 valence electrons. The lowest BCUT2D eigenvalue weighted by Crippen LogP contribution is -2.29. The summed E-state index contributed by atoms with van der Waals surface area (Å²) in [4.78, 5) is 29.8. The first-order valence-electron chi connectivity index (χ1n) is 12.0. The molecule has 1 atom stereocenters. The van der Waals surface area contributed by atoms with Gasteiger partial charge in [0.25, 0.3) is 5.91 Å². The zero-order valence-corrected chi connectivity index (χ0v) is 20.0. The van der Waals surface area contributed by atoms with Gasteiger partial charge in [-0.2, -0.15) is 0 Å². The molecular formula is C27H28N4O5. The number of aromatic nitrogens is 1. The van der Waals surface area contributed by atoms with Crippen LogP contribution in [0.3, 0.4) is 0 Å². The molecule has 0 spiro atoms. The fourth-order valence-electron chi connectivity index (χ4n) is 4.25. The average Bonchev–Trinajstić information content (AvgIpc) is 3.27. The SMILES string of the molecule is CCOc1cccc(-c2cccc(CNCCC3CN(c4ccc5c(n4)NC(=O)CO5)C(=O)O3)c2)c1. The molecule has 9 nitrogen and oxygen atoms in total. The monoisotopic (exact) mass is 488 g/mol. The summed E-state index contributed by atoms with van der Waals surface area (Å²) in [7, 11) is 0. The van der Waals surface area contributed by atoms with E-state index in [-0.39, 0.29) is 18.6 Å². The van der Waals surface area contributed by atoms with E-state index < -0.39 is 6.09 Å². The molecule has 2 aromatic carbocycles. The Morgan fingerprint density at radius 1 is 1.11 bits per heavy atom. The van der Waals surface area contributed by atoms with Gasteiger partial charge >= 0.3 is 6.09 Å². The van der Waals surface area contributed by atoms with Gasteiger partial charge in [-0.15, -0.1) is 0 Å². The quantitative estimate of drug-likeness (QED) is 0.439. The number of benzene rings is 2. The molecule has 1 saturated heterocycles. The smallest absolute Gasteiger partial charge is 0.415 e. The zero-order chi connectivity index (χ0) is 24.9. The summed E-state index contributed by atoms with van der Waals surface area (Å²) in [5.41, 5.74) is 3.42. The lowest BCUT2D eigenvalue weighted by atomic mass is 10.0. The summed E-state index contributed by atoms with van der Waals surface area (Å²) < 4.78 is 16.5. The number of amides is 2. The van der Waals surface area contributed by atoms with Crippen molar-refractivity contribution in [2.75, 3.05) is 36.5 Å². The van der Waals surface area contributed by atoms with Gasteiger partial charge in [-0.05, 0) is 66.9 Å². The van der Waals surface area contributed by atoms with Gasteiger partial charge in [0.1, 0.15) is 17.7 Å². The van der Waals surface area contributed by atoms with E-state index in [2.05, 4.69) is 52.0 Å². The van der Waals surface area contributed by atoms with Gasteiger partial charge in [-0.25, -0.2) is 9.78 Å². The lowest BCUT2D eigenvalue weighted by Gasteiger charge is -2.19. The van der Waals surface area contributed by atoms with Crippen LogP contribution >= 0.6 is 0 Å². The molecule has 1 aromatic heterocycles. The molecule has 0 saturated carbocycles. The van der Waals surface area contributed by atoms with Gasteiger partial charge in [0.05, 0.1) is 13.2 Å². The highest BCUT2D eigenvalue weighted by molar-refractivity contribution is 5.95. The van der Waals surface area contributed by atoms with E-state index in [4.69, 9.17) is 14.2 Å². The Balaban J connectivity index is 1.13. The van der Waals surface area contributed by atoms with Crippen LogP contribution in [0.1, 0.15) is 18.9 Å². The van der Waals surface area contributed by atoms with Crippen LogP contribution in [0.4, 0.5) is 16.4 Å². The van der Waals surface area contributed by atoms with Crippen molar-refractivity contribution in [3.63, 3.8) is 0 Å². The number of cyclic esters (lactones) is 1. The summed E-state index contributed by atoms with van der Waals surface area (Å²) in [6, 6.07) is 19.9. The topological polar surface area (TPSA) is 102 Å². The normalized spacial score (nSPS) is 16.7. The third-order valence-corrected chi connectivity index (χ3v) is 5.99. The fourth-order valence-corrected chi connectivity index (χ4v) is 4.25. The molecule has 2 aliphatic heterocycles. The van der Waals surface area contributed by atoms with Crippen LogP contribution < -0.4 is 25.0 Å². The Labute approximate surface area is 209 Å². The number of carbonyl (C=O) groups excluding carboxylic acids is 2. The van der Waals surface area contributed by atoms with E-state index in [0.717, 1.165) is 16.9 Å². The van der Waals surface area contributed by atoms with Crippen molar-refractivity contribution in [1.29, 1.82) is 0 Å². The second-order valence-electron chi connectivity index (χ2n) is 8.60. The van der Waals surface area contributed by atoms with Gasteiger partial charge in [0, 0.05) is 6.54 Å². The van der Waals surface area contributed by atoms with Gasteiger partial charge in [-0.1, -0.05) is 30.3 Å². The minimum atomic E-state index is -0.447. The molecule has 1 unspecified atom stereocenters. The molecule has 9 heteroatoms. The van der Waals surface area contributed by atoms with E-state index >= 15 is 0 Å². The van der Waals surface area contributed by atoms with E-state index in [0.29, 0.717) is 50.0 Å². The van der Waals surface area contributed by atoms with Crippen molar-refractivity contribution in [1.82, 2.24) is 10.3 Å². The van der Waals surface area contributed by atoms with Crippen molar-refractivity contribution in [2.24, 2.45) is 0 Å². The van der Waals surface area contributed by atoms with E-state index in [1.54, 1.807) is 12.1 Å². The van der Waals surface area contributed by atoms with E-state index in [9.17, 15) is 9.59 Å². The number of carbonyl (C=O) groups is 2. The molecule has 5 rings (SSSR count). The Kier molecular flexibility index (Phi) is 6.99. The number of ether oxygens (including phenoxy) is 3. The number of fused-ring (bicyclic) bond motifs is 1. The van der Waals surface area contributed by atoms with Gasteiger partial charge in [-0.3, -0.25) is 9.69 Å². The maximum absolute atomic E-state index is 12.4. The van der Waals surface area contributed by atoms with E-state index in [1.807, 2.05) is 19.1 Å². The van der Waals surface area contributed by atoms with Crippen LogP contribution in [0.25, 0.3) is 11.1 Å². The number of nitrogens with one attached hydrogen (secondary N) is 2. The number of anilines is 2. The van der Waals surface area contributed by atoms with Crippen molar-refractivity contribution in [3.05, 3.63) is 66.2 Å². The number of hydrogen-bond donors (Lipinski definition) is 2. The Morgan fingerprint density at radius 2 is 1.94 bits per heavy atom. The zero-order valence-electron chi connectivity index (χ0n) is 20.0. The minimum absolute atomic E-state index is 0.0414. The molecule has 0 bridgehead atoms. The van der Waals surface area contributed by atoms with Crippen LogP contribution in [-0.4, -0.2) is 49.4 Å². The summed E-state index contributed by atoms with van der Waals surface area (Å²) in [6.07, 6.45) is -0.0258. The maximum atomic E-state index is 12.4. The molecular weight excluding hydrogens is 460 g/mol. The number of rotatable bonds is 9. The molecule has 0 radical (unpaired) electrons. The molecule has 2 N–H and O–H groups in total. The largest absolute Gasteiger partial charge is 0.494 e. The molecule has 3 heterocycles. The van der Waals surface area contributed by atoms with E-state index in [1.165, 1.54) is 10.5 Å². The molecule has 0 aliphatic carbocycles. The van der Waals surface area contributed by atoms with Gasteiger partial charge < -0.3 is 24.8 Å². The summed E-state index contributed by atoms with van der Waals surface area (Å²) in [5, 5.41) is 6.10. The summed E-state index contributed by atoms with van der Waals surface area (Å²) in [6.45, 7) is 4.36. The number of hydrogen-bond acceptors (Lipinski definition) is 7. The lowest BCUT2D eigenvalue weighted by molar-refractivity contribution is -0.118. The third kappa shape index (κ3) is 5.41. The first-order valence-corrected chi connectivity index (χ1v) is 12.0. The summed E-state index contributed by atoms with van der Waals surface area (Å²) in [5.74, 6) is 1.81. The van der Waals surface area contributed by atoms with Crippen LogP contribution in [-0.2, 0) is 16.1 Å². The molecule has 36 heavy (non-hydrogen) atoms. The highest BCUT2D eigenvalue weighted by Crippen LogP contribution is 2.30. The van der Waals surface area contributed by atoms with Gasteiger partial charge in [0.15, 0.2) is 18.2 Å². The Hall–Kier alpha value is -4.11. The van der Waals surface area contributed by atoms with Crippen LogP contribution in [0.5, 0.6) is 11.5 Å². The Bertz CT molecular complexity index is 1260. The second kappa shape index (κ2) is 10.7. The van der Waals surface area contributed by atoms with Crippen molar-refractivity contribution in [3.8, 4) is 22.6 Å². The Morgan fingerprint density at radius 3 is 2.81 bits per heavy atom. The highest BCUT2D eigenvalue weighted by atomic mass is 16.6. The molecule has 3 aromatic rings. The molecule has 1 fully saturated rings. The fraction of sp³-hybridized carbons (Fsp3) is 0.296. The minimum Gasteiger partial charge on any atom is -0.494 e. The predicted molar refractivity (Wildman–Crippen MR) is 135 cm³/mol. The van der Waals surface area contributed by atoms with Crippen molar-refractivity contribution >= 4 is 23.6 Å². The third-order valence-electron chi connectivity index (χ3n) is 5.99. The van der Waals surface area contributed by atoms with Crippen LogP contribution in [0.15, 0.2) is 60.7 Å².